The minimum Gasteiger partial charge on any atom is -0.297 e. The molecule has 0 spiro atoms. The Morgan fingerprint density at radius 1 is 1.20 bits per heavy atom. The van der Waals surface area contributed by atoms with E-state index in [9.17, 15) is 0 Å². The number of nitrogens with zero attached hydrogens (tertiary/aromatic N) is 1. The fraction of sp³-hybridized carbons (Fsp3) is 0.647. The molecule has 114 valence electrons. The molecule has 2 atom stereocenters. The van der Waals surface area contributed by atoms with Crippen molar-refractivity contribution < 1.29 is 0 Å². The number of hydrogen-bond acceptors (Lipinski definition) is 3. The van der Waals surface area contributed by atoms with Gasteiger partial charge in [0.2, 0.25) is 0 Å². The molecule has 1 aromatic carbocycles. The van der Waals surface area contributed by atoms with E-state index in [4.69, 9.17) is 5.84 Å². The molecule has 0 heterocycles. The van der Waals surface area contributed by atoms with E-state index in [0.29, 0.717) is 0 Å². The van der Waals surface area contributed by atoms with Crippen molar-refractivity contribution in [1.82, 2.24) is 10.3 Å². The number of nitrogens with one attached hydrogen (secondary N) is 1. The Labute approximate surface area is 124 Å². The normalized spacial score (nSPS) is 16.2. The minimum absolute atomic E-state index is 0.0107. The minimum atomic E-state index is 0.0107. The van der Waals surface area contributed by atoms with Crippen LogP contribution < -0.4 is 11.3 Å². The lowest BCUT2D eigenvalue weighted by Gasteiger charge is -2.46. The third-order valence-corrected chi connectivity index (χ3v) is 4.95. The topological polar surface area (TPSA) is 41.3 Å². The highest BCUT2D eigenvalue weighted by atomic mass is 15.3. The maximum absolute atomic E-state index is 5.96. The van der Waals surface area contributed by atoms with Crippen LogP contribution in [0.25, 0.3) is 0 Å². The van der Waals surface area contributed by atoms with Crippen LogP contribution in [0.3, 0.4) is 0 Å². The number of rotatable bonds is 7. The number of aryl methyl sites for hydroxylation is 1. The molecule has 3 nitrogen and oxygen atoms in total. The maximum Gasteiger partial charge on any atom is 0.0643 e. The molecule has 20 heavy (non-hydrogen) atoms. The second-order valence-corrected chi connectivity index (χ2v) is 5.77. The Morgan fingerprint density at radius 3 is 2.25 bits per heavy atom. The highest BCUT2D eigenvalue weighted by molar-refractivity contribution is 5.37. The van der Waals surface area contributed by atoms with Crippen molar-refractivity contribution in [2.75, 3.05) is 13.1 Å². The van der Waals surface area contributed by atoms with Gasteiger partial charge in [0, 0.05) is 5.54 Å². The molecule has 0 aliphatic carbocycles. The zero-order chi connectivity index (χ0) is 15.3. The molecule has 0 saturated carbocycles. The summed E-state index contributed by atoms with van der Waals surface area (Å²) < 4.78 is 0. The maximum atomic E-state index is 5.96. The Kier molecular flexibility index (Phi) is 6.18. The molecule has 0 aromatic heterocycles. The quantitative estimate of drug-likeness (QED) is 0.593. The van der Waals surface area contributed by atoms with Gasteiger partial charge in [0.1, 0.15) is 0 Å². The molecule has 0 aliphatic heterocycles. The van der Waals surface area contributed by atoms with Crippen molar-refractivity contribution in [1.29, 1.82) is 0 Å². The summed E-state index contributed by atoms with van der Waals surface area (Å²) in [5, 5.41) is 0. The zero-order valence-electron chi connectivity index (χ0n) is 14.0. The first-order valence-electron chi connectivity index (χ1n) is 7.73. The molecule has 0 fully saturated rings. The van der Waals surface area contributed by atoms with Crippen LogP contribution in [-0.2, 0) is 0 Å². The average Bonchev–Trinajstić information content (AvgIpc) is 2.45. The van der Waals surface area contributed by atoms with E-state index in [1.54, 1.807) is 0 Å². The van der Waals surface area contributed by atoms with Crippen LogP contribution in [0.15, 0.2) is 18.2 Å². The van der Waals surface area contributed by atoms with Crippen molar-refractivity contribution >= 4 is 0 Å². The summed E-state index contributed by atoms with van der Waals surface area (Å²) in [6, 6.07) is 6.62. The molecule has 1 aromatic rings. The van der Waals surface area contributed by atoms with Gasteiger partial charge >= 0.3 is 0 Å². The average molecular weight is 277 g/mol. The van der Waals surface area contributed by atoms with Crippen molar-refractivity contribution in [3.63, 3.8) is 0 Å². The lowest BCUT2D eigenvalue weighted by Crippen LogP contribution is -2.55. The van der Waals surface area contributed by atoms with Crippen molar-refractivity contribution in [2.45, 2.75) is 59.5 Å². The van der Waals surface area contributed by atoms with Crippen LogP contribution in [0.1, 0.15) is 56.8 Å². The number of benzene rings is 1. The lowest BCUT2D eigenvalue weighted by molar-refractivity contribution is 0.0696. The standard InChI is InChI=1S/C17H31N3/c1-7-17(6,20(8-2)9-3)16(19-18)15-12-10-11-13(4)14(15)5/h10-12,16,19H,7-9,18H2,1-6H3. The second kappa shape index (κ2) is 7.21. The molecule has 0 saturated heterocycles. The smallest absolute Gasteiger partial charge is 0.0643 e. The van der Waals surface area contributed by atoms with Crippen molar-refractivity contribution in [2.24, 2.45) is 5.84 Å². The second-order valence-electron chi connectivity index (χ2n) is 5.77. The monoisotopic (exact) mass is 277 g/mol. The Bertz CT molecular complexity index is 426. The number of nitrogens with two attached hydrogens (primary N) is 1. The van der Waals surface area contributed by atoms with E-state index in [-0.39, 0.29) is 11.6 Å². The predicted molar refractivity (Wildman–Crippen MR) is 87.6 cm³/mol. The molecule has 0 aliphatic rings. The van der Waals surface area contributed by atoms with Gasteiger partial charge in [0.25, 0.3) is 0 Å². The van der Waals surface area contributed by atoms with Gasteiger partial charge in [-0.3, -0.25) is 16.2 Å². The van der Waals surface area contributed by atoms with Crippen molar-refractivity contribution in [3.8, 4) is 0 Å². The van der Waals surface area contributed by atoms with Gasteiger partial charge in [0.15, 0.2) is 0 Å². The van der Waals surface area contributed by atoms with Crippen molar-refractivity contribution in [3.05, 3.63) is 34.9 Å². The largest absolute Gasteiger partial charge is 0.297 e. The first-order chi connectivity index (χ1) is 9.46. The summed E-state index contributed by atoms with van der Waals surface area (Å²) in [4.78, 5) is 2.50. The zero-order valence-corrected chi connectivity index (χ0v) is 14.0. The van der Waals surface area contributed by atoms with E-state index in [1.807, 2.05) is 0 Å². The summed E-state index contributed by atoms with van der Waals surface area (Å²) in [5.74, 6) is 5.96. The third-order valence-electron chi connectivity index (χ3n) is 4.95. The van der Waals surface area contributed by atoms with Gasteiger partial charge in [0.05, 0.1) is 6.04 Å². The number of hydrogen-bond donors (Lipinski definition) is 2. The highest BCUT2D eigenvalue weighted by Gasteiger charge is 2.38. The summed E-state index contributed by atoms with van der Waals surface area (Å²) in [6.07, 6.45) is 1.05. The van der Waals surface area contributed by atoms with Gasteiger partial charge in [-0.25, -0.2) is 0 Å². The van der Waals surface area contributed by atoms with Gasteiger partial charge in [-0.1, -0.05) is 39.0 Å². The summed E-state index contributed by atoms with van der Waals surface area (Å²) >= 11 is 0. The van der Waals surface area contributed by atoms with E-state index < -0.39 is 0 Å². The third kappa shape index (κ3) is 3.05. The molecule has 1 rings (SSSR count). The van der Waals surface area contributed by atoms with E-state index in [2.05, 4.69) is 70.1 Å². The Morgan fingerprint density at radius 2 is 1.80 bits per heavy atom. The van der Waals surface area contributed by atoms with Gasteiger partial charge in [-0.05, 0) is 57.0 Å². The molecule has 0 radical (unpaired) electrons. The first-order valence-corrected chi connectivity index (χ1v) is 7.73. The fourth-order valence-corrected chi connectivity index (χ4v) is 3.25. The first kappa shape index (κ1) is 17.2. The Balaban J connectivity index is 3.31. The number of likely N-dealkylation sites (N-methyl/N-ethyl adjacent to an activating group) is 1. The molecule has 0 amide bonds. The van der Waals surface area contributed by atoms with Gasteiger partial charge in [-0.2, -0.15) is 0 Å². The van der Waals surface area contributed by atoms with E-state index in [1.165, 1.54) is 16.7 Å². The SMILES string of the molecule is CCN(CC)C(C)(CC)C(NN)c1cccc(C)c1C. The summed E-state index contributed by atoms with van der Waals surface area (Å²) in [5.41, 5.74) is 7.06. The predicted octanol–water partition coefficient (Wildman–Crippen LogP) is 3.32. The molecular formula is C17H31N3. The van der Waals surface area contributed by atoms with Gasteiger partial charge < -0.3 is 0 Å². The lowest BCUT2D eigenvalue weighted by atomic mass is 9.81. The molecule has 3 heteroatoms. The molecule has 3 N–H and O–H groups in total. The van der Waals surface area contributed by atoms with Crippen LogP contribution >= 0.6 is 0 Å². The van der Waals surface area contributed by atoms with Crippen LogP contribution in [0.5, 0.6) is 0 Å². The molecule has 2 unspecified atom stereocenters. The Hall–Kier alpha value is -0.900. The van der Waals surface area contributed by atoms with Crippen LogP contribution in [-0.4, -0.2) is 23.5 Å². The van der Waals surface area contributed by atoms with Gasteiger partial charge in [-0.15, -0.1) is 0 Å². The summed E-state index contributed by atoms with van der Waals surface area (Å²) in [7, 11) is 0. The van der Waals surface area contributed by atoms with Crippen LogP contribution in [0, 0.1) is 13.8 Å². The van der Waals surface area contributed by atoms with E-state index in [0.717, 1.165) is 19.5 Å². The highest BCUT2D eigenvalue weighted by Crippen LogP contribution is 2.35. The number of hydrazine groups is 1. The molecule has 0 bridgehead atoms. The van der Waals surface area contributed by atoms with Crippen LogP contribution in [0.4, 0.5) is 0 Å². The summed E-state index contributed by atoms with van der Waals surface area (Å²) in [6.45, 7) is 15.4. The molecular weight excluding hydrogens is 246 g/mol. The van der Waals surface area contributed by atoms with E-state index >= 15 is 0 Å². The fourth-order valence-electron chi connectivity index (χ4n) is 3.25. The van der Waals surface area contributed by atoms with Crippen LogP contribution in [0.2, 0.25) is 0 Å².